The molecule has 2 amide bonds. The Morgan fingerprint density at radius 3 is 2.52 bits per heavy atom. The highest BCUT2D eigenvalue weighted by atomic mass is 16.6. The molecule has 0 aliphatic carbocycles. The lowest BCUT2D eigenvalue weighted by Crippen LogP contribution is -2.41. The van der Waals surface area contributed by atoms with Crippen molar-refractivity contribution < 1.29 is 14.5 Å². The summed E-state index contributed by atoms with van der Waals surface area (Å²) >= 11 is 0. The molecule has 0 spiro atoms. The molecule has 2 heterocycles. The largest absolute Gasteiger partial charge is 0.371 e. The quantitative estimate of drug-likeness (QED) is 0.454. The number of non-ortho nitro benzene ring substituents is 1. The van der Waals surface area contributed by atoms with Gasteiger partial charge < -0.3 is 15.5 Å². The zero-order chi connectivity index (χ0) is 20.8. The fourth-order valence-electron chi connectivity index (χ4n) is 3.30. The number of aromatic nitrogens is 1. The summed E-state index contributed by atoms with van der Waals surface area (Å²) in [5, 5.41) is 16.0. The first kappa shape index (κ1) is 20.2. The summed E-state index contributed by atoms with van der Waals surface area (Å²) in [6.07, 6.45) is 5.36. The molecule has 1 fully saturated rings. The van der Waals surface area contributed by atoms with Crippen LogP contribution >= 0.6 is 0 Å². The molecule has 9 nitrogen and oxygen atoms in total. The Labute approximate surface area is 168 Å². The highest BCUT2D eigenvalue weighted by molar-refractivity contribution is 6.39. The van der Waals surface area contributed by atoms with Crippen molar-refractivity contribution in [3.63, 3.8) is 0 Å². The van der Waals surface area contributed by atoms with Crippen molar-refractivity contribution in [3.8, 4) is 0 Å². The van der Waals surface area contributed by atoms with Crippen LogP contribution in [0.3, 0.4) is 0 Å². The molecule has 0 atom stereocenters. The summed E-state index contributed by atoms with van der Waals surface area (Å²) in [4.78, 5) is 40.9. The van der Waals surface area contributed by atoms with Crippen LogP contribution in [-0.4, -0.2) is 41.4 Å². The maximum Gasteiger partial charge on any atom is 0.313 e. The fourth-order valence-corrected chi connectivity index (χ4v) is 3.30. The molecular weight excluding hydrogens is 374 g/mol. The molecular formula is C20H23N5O4. The zero-order valence-corrected chi connectivity index (χ0v) is 16.1. The number of piperidine rings is 1. The lowest BCUT2D eigenvalue weighted by Gasteiger charge is -2.33. The van der Waals surface area contributed by atoms with E-state index in [2.05, 4.69) is 20.5 Å². The van der Waals surface area contributed by atoms with E-state index in [0.717, 1.165) is 31.6 Å². The monoisotopic (exact) mass is 397 g/mol. The maximum absolute atomic E-state index is 12.1. The number of carbonyl (C=O) groups is 2. The van der Waals surface area contributed by atoms with E-state index in [1.807, 2.05) is 12.1 Å². The Hall–Kier alpha value is -3.49. The van der Waals surface area contributed by atoms with Gasteiger partial charge in [-0.25, -0.2) is 0 Å². The summed E-state index contributed by atoms with van der Waals surface area (Å²) < 4.78 is 0. The summed E-state index contributed by atoms with van der Waals surface area (Å²) in [6, 6.07) is 8.08. The van der Waals surface area contributed by atoms with Gasteiger partial charge in [-0.15, -0.1) is 0 Å². The summed E-state index contributed by atoms with van der Waals surface area (Å²) in [6.45, 7) is 3.88. The van der Waals surface area contributed by atoms with Crippen molar-refractivity contribution in [1.82, 2.24) is 10.3 Å². The minimum absolute atomic E-state index is 0.146. The van der Waals surface area contributed by atoms with Crippen molar-refractivity contribution in [3.05, 3.63) is 58.4 Å². The number of nitrogens with one attached hydrogen (secondary N) is 2. The SMILES string of the molecule is Cc1ccc([N+](=O)[O-])cc1NC(=O)C(=O)NCC1CCN(c2ccncc2)CC1. The molecule has 152 valence electrons. The minimum atomic E-state index is -0.831. The minimum Gasteiger partial charge on any atom is -0.371 e. The number of amides is 2. The maximum atomic E-state index is 12.1. The van der Waals surface area contributed by atoms with E-state index in [1.165, 1.54) is 18.2 Å². The van der Waals surface area contributed by atoms with E-state index in [1.54, 1.807) is 19.3 Å². The molecule has 1 aliphatic rings. The third kappa shape index (κ3) is 5.28. The number of nitro benzene ring substituents is 1. The standard InChI is InChI=1S/C20H23N5O4/c1-14-2-3-17(25(28)29)12-18(14)23-20(27)19(26)22-13-15-6-10-24(11-7-15)16-4-8-21-9-5-16/h2-5,8-9,12,15H,6-7,10-11,13H2,1H3,(H,22,26)(H,23,27). The third-order valence-corrected chi connectivity index (χ3v) is 5.08. The predicted molar refractivity (Wildman–Crippen MR) is 109 cm³/mol. The van der Waals surface area contributed by atoms with Gasteiger partial charge >= 0.3 is 11.8 Å². The third-order valence-electron chi connectivity index (χ3n) is 5.08. The molecule has 0 saturated carbocycles. The molecule has 0 bridgehead atoms. The number of benzene rings is 1. The average Bonchev–Trinajstić information content (AvgIpc) is 2.74. The van der Waals surface area contributed by atoms with Gasteiger partial charge in [0.15, 0.2) is 0 Å². The predicted octanol–water partition coefficient (Wildman–Crippen LogP) is 2.27. The van der Waals surface area contributed by atoms with Gasteiger partial charge in [-0.05, 0) is 43.4 Å². The summed E-state index contributed by atoms with van der Waals surface area (Å²) in [5.41, 5.74) is 1.88. The molecule has 2 N–H and O–H groups in total. The van der Waals surface area contributed by atoms with Gasteiger partial charge in [0.05, 0.1) is 10.6 Å². The number of anilines is 2. The van der Waals surface area contributed by atoms with E-state index in [9.17, 15) is 19.7 Å². The number of rotatable bonds is 5. The highest BCUT2D eigenvalue weighted by Gasteiger charge is 2.22. The Morgan fingerprint density at radius 1 is 1.17 bits per heavy atom. The number of aryl methyl sites for hydroxylation is 1. The van der Waals surface area contributed by atoms with E-state index in [0.29, 0.717) is 18.0 Å². The second-order valence-electron chi connectivity index (χ2n) is 7.06. The van der Waals surface area contributed by atoms with Crippen LogP contribution in [0, 0.1) is 23.0 Å². The average molecular weight is 397 g/mol. The second-order valence-corrected chi connectivity index (χ2v) is 7.06. The Bertz CT molecular complexity index is 895. The topological polar surface area (TPSA) is 117 Å². The molecule has 1 aromatic heterocycles. The first-order valence-electron chi connectivity index (χ1n) is 9.43. The van der Waals surface area contributed by atoms with Crippen molar-refractivity contribution >= 4 is 28.9 Å². The molecule has 0 radical (unpaired) electrons. The number of pyridine rings is 1. The van der Waals surface area contributed by atoms with Crippen LogP contribution in [0.15, 0.2) is 42.7 Å². The van der Waals surface area contributed by atoms with Crippen molar-refractivity contribution in [1.29, 1.82) is 0 Å². The molecule has 9 heteroatoms. The van der Waals surface area contributed by atoms with Crippen molar-refractivity contribution in [2.24, 2.45) is 5.92 Å². The first-order valence-corrected chi connectivity index (χ1v) is 9.43. The lowest BCUT2D eigenvalue weighted by molar-refractivity contribution is -0.384. The van der Waals surface area contributed by atoms with Gasteiger partial charge in [0.2, 0.25) is 0 Å². The summed E-state index contributed by atoms with van der Waals surface area (Å²) in [7, 11) is 0. The van der Waals surface area contributed by atoms with Crippen molar-refractivity contribution in [2.45, 2.75) is 19.8 Å². The van der Waals surface area contributed by atoms with Crippen LogP contribution in [0.2, 0.25) is 0 Å². The Morgan fingerprint density at radius 2 is 1.86 bits per heavy atom. The van der Waals surface area contributed by atoms with E-state index >= 15 is 0 Å². The van der Waals surface area contributed by atoms with Crippen LogP contribution in [0.5, 0.6) is 0 Å². The Balaban J connectivity index is 1.47. The zero-order valence-electron chi connectivity index (χ0n) is 16.1. The van der Waals surface area contributed by atoms with Gasteiger partial charge in [0.1, 0.15) is 0 Å². The molecule has 3 rings (SSSR count). The molecule has 2 aromatic rings. The van der Waals surface area contributed by atoms with Crippen LogP contribution in [0.25, 0.3) is 0 Å². The van der Waals surface area contributed by atoms with E-state index in [4.69, 9.17) is 0 Å². The van der Waals surface area contributed by atoms with Crippen LogP contribution < -0.4 is 15.5 Å². The number of carbonyl (C=O) groups excluding carboxylic acids is 2. The normalized spacial score (nSPS) is 14.3. The molecule has 0 unspecified atom stereocenters. The number of hydrogen-bond acceptors (Lipinski definition) is 6. The fraction of sp³-hybridized carbons (Fsp3) is 0.350. The molecule has 29 heavy (non-hydrogen) atoms. The lowest BCUT2D eigenvalue weighted by atomic mass is 9.96. The molecule has 1 saturated heterocycles. The van der Waals surface area contributed by atoms with E-state index < -0.39 is 16.7 Å². The van der Waals surface area contributed by atoms with Crippen LogP contribution in [-0.2, 0) is 9.59 Å². The number of nitro groups is 1. The van der Waals surface area contributed by atoms with Crippen molar-refractivity contribution in [2.75, 3.05) is 29.9 Å². The second kappa shape index (κ2) is 9.13. The highest BCUT2D eigenvalue weighted by Crippen LogP contribution is 2.23. The van der Waals surface area contributed by atoms with Gasteiger partial charge in [-0.2, -0.15) is 0 Å². The van der Waals surface area contributed by atoms with Gasteiger partial charge in [0.25, 0.3) is 5.69 Å². The smallest absolute Gasteiger partial charge is 0.313 e. The molecule has 1 aliphatic heterocycles. The van der Waals surface area contributed by atoms with Crippen LogP contribution in [0.1, 0.15) is 18.4 Å². The van der Waals surface area contributed by atoms with Gasteiger partial charge in [0, 0.05) is 49.8 Å². The van der Waals surface area contributed by atoms with Crippen LogP contribution in [0.4, 0.5) is 17.1 Å². The van der Waals surface area contributed by atoms with Gasteiger partial charge in [-0.1, -0.05) is 6.07 Å². The number of hydrogen-bond donors (Lipinski definition) is 2. The number of nitrogens with zero attached hydrogens (tertiary/aromatic N) is 3. The van der Waals surface area contributed by atoms with Gasteiger partial charge in [-0.3, -0.25) is 24.7 Å². The van der Waals surface area contributed by atoms with E-state index in [-0.39, 0.29) is 11.4 Å². The first-order chi connectivity index (χ1) is 13.9. The summed E-state index contributed by atoms with van der Waals surface area (Å²) in [5.74, 6) is -1.28. The molecule has 1 aromatic carbocycles. The Kier molecular flexibility index (Phi) is 6.38.